The first-order valence-electron chi connectivity index (χ1n) is 2.75. The third-order valence-corrected chi connectivity index (χ3v) is 1.11. The zero-order chi connectivity index (χ0) is 7.44. The number of hydrogen-bond acceptors (Lipinski definition) is 4. The van der Waals surface area contributed by atoms with Gasteiger partial charge in [0.1, 0.15) is 6.04 Å². The molecular weight excluding hydrogens is 120 g/mol. The van der Waals surface area contributed by atoms with Gasteiger partial charge in [0.05, 0.1) is 0 Å². The summed E-state index contributed by atoms with van der Waals surface area (Å²) in [5.74, 6) is 4.09. The molecule has 4 heteroatoms. The minimum absolute atomic E-state index is 0.0704. The minimum atomic E-state index is -0.602. The first kappa shape index (κ1) is 8.39. The Morgan fingerprint density at radius 3 is 2.11 bits per heavy atom. The van der Waals surface area contributed by atoms with Crippen molar-refractivity contribution in [1.82, 2.24) is 0 Å². The smallest absolute Gasteiger partial charge is 0.341 e. The average Bonchev–Trinajstić information content (AvgIpc) is 1.84. The number of hydrogen-bond donors (Lipinski definition) is 2. The van der Waals surface area contributed by atoms with Crippen molar-refractivity contribution in [2.24, 2.45) is 17.5 Å². The molecule has 0 heterocycles. The Morgan fingerprint density at radius 2 is 2.00 bits per heavy atom. The summed E-state index contributed by atoms with van der Waals surface area (Å²) in [6, 6.07) is -0.602. The molecule has 0 aliphatic carbocycles. The van der Waals surface area contributed by atoms with Crippen molar-refractivity contribution in [3.63, 3.8) is 0 Å². The largest absolute Gasteiger partial charge is 0.372 e. The van der Waals surface area contributed by atoms with E-state index in [1.165, 1.54) is 0 Å². The topological polar surface area (TPSA) is 78.3 Å². The zero-order valence-corrected chi connectivity index (χ0v) is 5.63. The predicted molar refractivity (Wildman–Crippen MR) is 33.1 cm³/mol. The summed E-state index contributed by atoms with van der Waals surface area (Å²) in [5.41, 5.74) is 5.32. The van der Waals surface area contributed by atoms with Crippen molar-refractivity contribution in [3.05, 3.63) is 0 Å². The van der Waals surface area contributed by atoms with E-state index >= 15 is 0 Å². The van der Waals surface area contributed by atoms with Gasteiger partial charge in [0.15, 0.2) is 0 Å². The SMILES string of the molecule is CC(C)[C@H](N)C(=O)ON. The van der Waals surface area contributed by atoms with Crippen LogP contribution < -0.4 is 11.6 Å². The summed E-state index contributed by atoms with van der Waals surface area (Å²) < 4.78 is 0. The molecule has 0 aliphatic heterocycles. The van der Waals surface area contributed by atoms with Gasteiger partial charge in [-0.05, 0) is 5.92 Å². The maximum atomic E-state index is 10.5. The van der Waals surface area contributed by atoms with E-state index in [1.54, 1.807) is 0 Å². The predicted octanol–water partition coefficient (Wildman–Crippen LogP) is -0.613. The molecule has 54 valence electrons. The lowest BCUT2D eigenvalue weighted by atomic mass is 10.1. The summed E-state index contributed by atoms with van der Waals surface area (Å²) in [4.78, 5) is 14.4. The van der Waals surface area contributed by atoms with Gasteiger partial charge in [0.25, 0.3) is 0 Å². The number of nitrogens with two attached hydrogens (primary N) is 2. The van der Waals surface area contributed by atoms with Crippen molar-refractivity contribution in [1.29, 1.82) is 0 Å². The Hall–Kier alpha value is -0.610. The Bertz CT molecular complexity index is 103. The second-order valence-electron chi connectivity index (χ2n) is 2.21. The van der Waals surface area contributed by atoms with Crippen LogP contribution in [0, 0.1) is 5.92 Å². The van der Waals surface area contributed by atoms with Gasteiger partial charge < -0.3 is 10.6 Å². The van der Waals surface area contributed by atoms with Crippen LogP contribution in [-0.4, -0.2) is 12.0 Å². The van der Waals surface area contributed by atoms with Crippen LogP contribution in [0.15, 0.2) is 0 Å². The lowest BCUT2D eigenvalue weighted by Gasteiger charge is -2.10. The molecule has 4 N–H and O–H groups in total. The van der Waals surface area contributed by atoms with E-state index in [0.717, 1.165) is 0 Å². The number of rotatable bonds is 2. The fourth-order valence-corrected chi connectivity index (χ4v) is 0.351. The number of carbonyl (C=O) groups is 1. The maximum Gasteiger partial charge on any atom is 0.341 e. The van der Waals surface area contributed by atoms with Crippen LogP contribution in [0.2, 0.25) is 0 Å². The molecule has 4 nitrogen and oxygen atoms in total. The molecule has 0 radical (unpaired) electrons. The molecule has 0 aliphatic rings. The van der Waals surface area contributed by atoms with Crippen molar-refractivity contribution >= 4 is 5.97 Å². The Kier molecular flexibility index (Phi) is 3.19. The summed E-state index contributed by atoms with van der Waals surface area (Å²) in [6.45, 7) is 3.64. The van der Waals surface area contributed by atoms with Crippen LogP contribution in [0.1, 0.15) is 13.8 Å². The van der Waals surface area contributed by atoms with Gasteiger partial charge in [-0.3, -0.25) is 0 Å². The highest BCUT2D eigenvalue weighted by Crippen LogP contribution is 1.97. The van der Waals surface area contributed by atoms with Gasteiger partial charge >= 0.3 is 5.97 Å². The molecule has 0 aromatic carbocycles. The van der Waals surface area contributed by atoms with E-state index < -0.39 is 12.0 Å². The third kappa shape index (κ3) is 2.43. The van der Waals surface area contributed by atoms with Crippen molar-refractivity contribution < 1.29 is 9.63 Å². The van der Waals surface area contributed by atoms with Crippen LogP contribution in [0.25, 0.3) is 0 Å². The fourth-order valence-electron chi connectivity index (χ4n) is 0.351. The van der Waals surface area contributed by atoms with Gasteiger partial charge in [0.2, 0.25) is 0 Å². The van der Waals surface area contributed by atoms with Gasteiger partial charge in [0, 0.05) is 0 Å². The molecule has 0 saturated carbocycles. The quantitative estimate of drug-likeness (QED) is 0.491. The Morgan fingerprint density at radius 1 is 1.56 bits per heavy atom. The summed E-state index contributed by atoms with van der Waals surface area (Å²) in [7, 11) is 0. The lowest BCUT2D eigenvalue weighted by molar-refractivity contribution is -0.146. The molecule has 0 aromatic heterocycles. The maximum absolute atomic E-state index is 10.5. The molecule has 9 heavy (non-hydrogen) atoms. The van der Waals surface area contributed by atoms with Crippen LogP contribution in [-0.2, 0) is 9.63 Å². The van der Waals surface area contributed by atoms with Crippen LogP contribution in [0.4, 0.5) is 0 Å². The third-order valence-electron chi connectivity index (χ3n) is 1.11. The average molecular weight is 132 g/mol. The second kappa shape index (κ2) is 3.42. The highest BCUT2D eigenvalue weighted by molar-refractivity contribution is 5.75. The molecule has 0 aromatic rings. The summed E-state index contributed by atoms with van der Waals surface area (Å²) >= 11 is 0. The first-order valence-corrected chi connectivity index (χ1v) is 2.75. The van der Waals surface area contributed by atoms with E-state index in [2.05, 4.69) is 10.7 Å². The highest BCUT2D eigenvalue weighted by Gasteiger charge is 2.17. The number of carbonyl (C=O) groups excluding carboxylic acids is 1. The van der Waals surface area contributed by atoms with Crippen LogP contribution >= 0.6 is 0 Å². The van der Waals surface area contributed by atoms with E-state index in [9.17, 15) is 4.79 Å². The van der Waals surface area contributed by atoms with E-state index in [1.807, 2.05) is 13.8 Å². The van der Waals surface area contributed by atoms with Crippen molar-refractivity contribution in [2.75, 3.05) is 0 Å². The van der Waals surface area contributed by atoms with E-state index in [0.29, 0.717) is 0 Å². The molecule has 0 bridgehead atoms. The molecule has 0 fully saturated rings. The molecule has 0 rings (SSSR count). The first-order chi connectivity index (χ1) is 4.09. The van der Waals surface area contributed by atoms with Gasteiger partial charge in [-0.25, -0.2) is 4.79 Å². The Balaban J connectivity index is 3.72. The molecule has 1 atom stereocenters. The highest BCUT2D eigenvalue weighted by atomic mass is 16.7. The minimum Gasteiger partial charge on any atom is -0.372 e. The van der Waals surface area contributed by atoms with Crippen LogP contribution in [0.3, 0.4) is 0 Å². The fraction of sp³-hybridized carbons (Fsp3) is 0.800. The second-order valence-corrected chi connectivity index (χ2v) is 2.21. The van der Waals surface area contributed by atoms with Crippen molar-refractivity contribution in [3.8, 4) is 0 Å². The molecule has 0 spiro atoms. The van der Waals surface area contributed by atoms with Gasteiger partial charge in [-0.2, -0.15) is 5.90 Å². The van der Waals surface area contributed by atoms with Crippen LogP contribution in [0.5, 0.6) is 0 Å². The Labute approximate surface area is 54.1 Å². The summed E-state index contributed by atoms with van der Waals surface area (Å²) in [6.07, 6.45) is 0. The summed E-state index contributed by atoms with van der Waals surface area (Å²) in [5, 5.41) is 0. The zero-order valence-electron chi connectivity index (χ0n) is 5.63. The van der Waals surface area contributed by atoms with Gasteiger partial charge in [-0.15, -0.1) is 0 Å². The monoisotopic (exact) mass is 132 g/mol. The normalized spacial score (nSPS) is 13.4. The molecule has 0 saturated heterocycles. The molecular formula is C5H12N2O2. The standard InChI is InChI=1S/C5H12N2O2/c1-3(2)4(6)5(8)9-7/h3-4H,6-7H2,1-2H3/t4-/m0/s1. The van der Waals surface area contributed by atoms with E-state index in [4.69, 9.17) is 5.73 Å². The molecule has 0 amide bonds. The van der Waals surface area contributed by atoms with Gasteiger partial charge in [-0.1, -0.05) is 13.8 Å². The lowest BCUT2D eigenvalue weighted by Crippen LogP contribution is -2.38. The molecule has 0 unspecified atom stereocenters. The van der Waals surface area contributed by atoms with E-state index in [-0.39, 0.29) is 5.92 Å². The van der Waals surface area contributed by atoms with Crippen molar-refractivity contribution in [2.45, 2.75) is 19.9 Å².